The fourth-order valence-electron chi connectivity index (χ4n) is 1.31. The van der Waals surface area contributed by atoms with Crippen LogP contribution in [0, 0.1) is 17.4 Å². The van der Waals surface area contributed by atoms with Crippen LogP contribution >= 0.6 is 0 Å². The molecule has 0 saturated carbocycles. The van der Waals surface area contributed by atoms with Crippen LogP contribution in [0.3, 0.4) is 0 Å². The van der Waals surface area contributed by atoms with E-state index in [2.05, 4.69) is 36.4 Å². The summed E-state index contributed by atoms with van der Waals surface area (Å²) in [5, 5.41) is 12.0. The lowest BCUT2D eigenvalue weighted by atomic mass is 9.87. The van der Waals surface area contributed by atoms with Gasteiger partial charge in [0, 0.05) is 0 Å². The predicted molar refractivity (Wildman–Crippen MR) is 58.2 cm³/mol. The molecule has 0 bridgehead atoms. The summed E-state index contributed by atoms with van der Waals surface area (Å²) in [6.07, 6.45) is -0.607. The van der Waals surface area contributed by atoms with Crippen molar-refractivity contribution in [1.29, 1.82) is 0 Å². The molecule has 0 aliphatic carbocycles. The lowest BCUT2D eigenvalue weighted by molar-refractivity contribution is -0.138. The second kappa shape index (κ2) is 3.75. The molecule has 14 heavy (non-hydrogen) atoms. The van der Waals surface area contributed by atoms with E-state index in [1.54, 1.807) is 6.92 Å². The summed E-state index contributed by atoms with van der Waals surface area (Å²) in [7, 11) is -1.38. The van der Waals surface area contributed by atoms with Gasteiger partial charge in [0.05, 0.1) is 12.0 Å². The van der Waals surface area contributed by atoms with Crippen molar-refractivity contribution in [1.82, 2.24) is 5.32 Å². The highest BCUT2D eigenvalue weighted by molar-refractivity contribution is 6.83. The van der Waals surface area contributed by atoms with E-state index in [4.69, 9.17) is 0 Å². The topological polar surface area (TPSA) is 49.3 Å². The Hall–Kier alpha value is -0.793. The van der Waals surface area contributed by atoms with Gasteiger partial charge >= 0.3 is 0 Å². The normalized spacial score (nSPS) is 28.2. The van der Waals surface area contributed by atoms with E-state index >= 15 is 0 Å². The summed E-state index contributed by atoms with van der Waals surface area (Å²) in [5.41, 5.74) is 3.19. The van der Waals surface area contributed by atoms with Gasteiger partial charge in [-0.2, -0.15) is 0 Å². The molecule has 3 nitrogen and oxygen atoms in total. The van der Waals surface area contributed by atoms with Crippen molar-refractivity contribution in [2.24, 2.45) is 5.92 Å². The zero-order valence-electron chi connectivity index (χ0n) is 9.09. The van der Waals surface area contributed by atoms with Crippen molar-refractivity contribution in [3.63, 3.8) is 0 Å². The minimum Gasteiger partial charge on any atom is -0.392 e. The van der Waals surface area contributed by atoms with Crippen molar-refractivity contribution < 1.29 is 9.90 Å². The molecule has 1 unspecified atom stereocenters. The average molecular weight is 211 g/mol. The SMILES string of the molecule is CC(O)[C@H]1C(=O)N[C@H]1C#C[Si](C)(C)C. The molecule has 1 saturated heterocycles. The molecule has 1 fully saturated rings. The van der Waals surface area contributed by atoms with Crippen molar-refractivity contribution in [2.75, 3.05) is 0 Å². The van der Waals surface area contributed by atoms with Crippen LogP contribution in [0.5, 0.6) is 0 Å². The number of carbonyl (C=O) groups is 1. The Bertz CT molecular complexity index is 295. The zero-order chi connectivity index (χ0) is 10.9. The van der Waals surface area contributed by atoms with E-state index in [1.807, 2.05) is 0 Å². The molecule has 2 N–H and O–H groups in total. The Balaban J connectivity index is 2.63. The van der Waals surface area contributed by atoms with Gasteiger partial charge in [-0.05, 0) is 6.92 Å². The first-order chi connectivity index (χ1) is 6.31. The molecular formula is C10H17NO2Si. The van der Waals surface area contributed by atoms with Crippen LogP contribution in [0.15, 0.2) is 0 Å². The van der Waals surface area contributed by atoms with E-state index in [0.717, 1.165) is 0 Å². The summed E-state index contributed by atoms with van der Waals surface area (Å²) in [5.74, 6) is 2.62. The average Bonchev–Trinajstić information content (AvgIpc) is 1.93. The highest BCUT2D eigenvalue weighted by Crippen LogP contribution is 2.18. The summed E-state index contributed by atoms with van der Waals surface area (Å²) in [4.78, 5) is 11.1. The smallest absolute Gasteiger partial charge is 0.229 e. The maximum Gasteiger partial charge on any atom is 0.229 e. The van der Waals surface area contributed by atoms with Gasteiger partial charge in [-0.15, -0.1) is 5.54 Å². The standard InChI is InChI=1S/C10H17NO2Si/c1-7(12)9-8(11-10(9)13)5-6-14(2,3)4/h7-9,12H,1-4H3,(H,11,13)/t7?,8-,9+/m0/s1. The Morgan fingerprint density at radius 3 is 2.43 bits per heavy atom. The van der Waals surface area contributed by atoms with Gasteiger partial charge in [-0.1, -0.05) is 25.6 Å². The van der Waals surface area contributed by atoms with E-state index < -0.39 is 14.2 Å². The molecule has 78 valence electrons. The van der Waals surface area contributed by atoms with Gasteiger partial charge in [-0.3, -0.25) is 4.79 Å². The maximum atomic E-state index is 11.1. The minimum absolute atomic E-state index is 0.0881. The van der Waals surface area contributed by atoms with Gasteiger partial charge in [0.1, 0.15) is 14.1 Å². The third-order valence-electron chi connectivity index (χ3n) is 2.08. The van der Waals surface area contributed by atoms with Crippen molar-refractivity contribution >= 4 is 14.0 Å². The van der Waals surface area contributed by atoms with Gasteiger partial charge in [-0.25, -0.2) is 0 Å². The Morgan fingerprint density at radius 1 is 1.50 bits per heavy atom. The van der Waals surface area contributed by atoms with Gasteiger partial charge in [0.15, 0.2) is 0 Å². The lowest BCUT2D eigenvalue weighted by Gasteiger charge is -2.35. The van der Waals surface area contributed by atoms with Crippen LogP contribution in [-0.2, 0) is 4.79 Å². The van der Waals surface area contributed by atoms with E-state index in [-0.39, 0.29) is 17.9 Å². The fraction of sp³-hybridized carbons (Fsp3) is 0.700. The number of nitrogens with one attached hydrogen (secondary N) is 1. The molecule has 0 aromatic carbocycles. The molecule has 1 aliphatic rings. The number of amides is 1. The van der Waals surface area contributed by atoms with E-state index in [1.165, 1.54) is 0 Å². The van der Waals surface area contributed by atoms with Crippen LogP contribution in [0.25, 0.3) is 0 Å². The number of hydrogen-bond acceptors (Lipinski definition) is 2. The monoisotopic (exact) mass is 211 g/mol. The van der Waals surface area contributed by atoms with Crippen molar-refractivity contribution in [3.05, 3.63) is 0 Å². The molecule has 1 rings (SSSR count). The predicted octanol–water partition coefficient (Wildman–Crippen LogP) is 0.363. The first kappa shape index (κ1) is 11.3. The summed E-state index contributed by atoms with van der Waals surface area (Å²) in [6.45, 7) is 8.08. The van der Waals surface area contributed by atoms with E-state index in [0.29, 0.717) is 0 Å². The quantitative estimate of drug-likeness (QED) is 0.374. The number of rotatable bonds is 1. The molecule has 3 atom stereocenters. The second-order valence-corrected chi connectivity index (χ2v) is 9.52. The number of carbonyl (C=O) groups excluding carboxylic acids is 1. The number of β-lactam (4-membered cyclic amide) rings is 1. The van der Waals surface area contributed by atoms with Crippen LogP contribution in [0.2, 0.25) is 19.6 Å². The zero-order valence-corrected chi connectivity index (χ0v) is 10.1. The largest absolute Gasteiger partial charge is 0.392 e. The van der Waals surface area contributed by atoms with Gasteiger partial charge < -0.3 is 10.4 Å². The van der Waals surface area contributed by atoms with Crippen LogP contribution in [0.4, 0.5) is 0 Å². The molecule has 4 heteroatoms. The third-order valence-corrected chi connectivity index (χ3v) is 2.98. The molecule has 1 heterocycles. The lowest BCUT2D eigenvalue weighted by Crippen LogP contribution is -2.61. The van der Waals surface area contributed by atoms with E-state index in [9.17, 15) is 9.90 Å². The number of aliphatic hydroxyl groups excluding tert-OH is 1. The van der Waals surface area contributed by atoms with Gasteiger partial charge in [0.2, 0.25) is 5.91 Å². The Kier molecular flexibility index (Phi) is 3.03. The highest BCUT2D eigenvalue weighted by Gasteiger charge is 2.41. The molecule has 0 radical (unpaired) electrons. The highest BCUT2D eigenvalue weighted by atomic mass is 28.3. The third kappa shape index (κ3) is 2.60. The number of hydrogen-bond donors (Lipinski definition) is 2. The molecule has 0 spiro atoms. The first-order valence-electron chi connectivity index (χ1n) is 4.82. The fourth-order valence-corrected chi connectivity index (χ4v) is 1.90. The Morgan fingerprint density at radius 2 is 2.07 bits per heavy atom. The second-order valence-electron chi connectivity index (χ2n) is 4.77. The molecule has 0 aromatic heterocycles. The van der Waals surface area contributed by atoms with Crippen LogP contribution < -0.4 is 5.32 Å². The summed E-state index contributed by atoms with van der Waals surface area (Å²) in [6, 6.07) is -0.144. The summed E-state index contributed by atoms with van der Waals surface area (Å²) >= 11 is 0. The van der Waals surface area contributed by atoms with Crippen LogP contribution in [-0.4, -0.2) is 31.2 Å². The van der Waals surface area contributed by atoms with Crippen molar-refractivity contribution in [2.45, 2.75) is 38.7 Å². The maximum absolute atomic E-state index is 11.1. The van der Waals surface area contributed by atoms with Crippen LogP contribution in [0.1, 0.15) is 6.92 Å². The molecular weight excluding hydrogens is 194 g/mol. The number of aliphatic hydroxyl groups is 1. The minimum atomic E-state index is -1.38. The molecule has 0 aromatic rings. The molecule has 1 amide bonds. The first-order valence-corrected chi connectivity index (χ1v) is 8.32. The Labute approximate surface area is 85.9 Å². The van der Waals surface area contributed by atoms with Crippen molar-refractivity contribution in [3.8, 4) is 11.5 Å². The van der Waals surface area contributed by atoms with Gasteiger partial charge in [0.25, 0.3) is 0 Å². The summed E-state index contributed by atoms with van der Waals surface area (Å²) < 4.78 is 0. The molecule has 1 aliphatic heterocycles.